The van der Waals surface area contributed by atoms with E-state index in [-0.39, 0.29) is 5.82 Å². The van der Waals surface area contributed by atoms with Gasteiger partial charge in [0, 0.05) is 4.47 Å². The predicted molar refractivity (Wildman–Crippen MR) is 61.7 cm³/mol. The molecule has 0 spiro atoms. The van der Waals surface area contributed by atoms with E-state index in [4.69, 9.17) is 0 Å². The molecule has 1 rings (SSSR count). The average Bonchev–Trinajstić information content (AvgIpc) is 2.15. The second kappa shape index (κ2) is 5.94. The highest BCUT2D eigenvalue weighted by molar-refractivity contribution is 9.10. The summed E-state index contributed by atoms with van der Waals surface area (Å²) in [6, 6.07) is 4.69. The van der Waals surface area contributed by atoms with Crippen molar-refractivity contribution >= 4 is 22.0 Å². The standard InChI is InChI=1S/C11H13BrFN/c1-14-7-3-2-4-9-5-6-10(13)8-11(9)12/h2,4-6,8,14H,3,7H2,1H3. The second-order valence-electron chi connectivity index (χ2n) is 2.96. The van der Waals surface area contributed by atoms with E-state index in [0.717, 1.165) is 23.0 Å². The summed E-state index contributed by atoms with van der Waals surface area (Å²) >= 11 is 3.31. The van der Waals surface area contributed by atoms with Gasteiger partial charge in [-0.1, -0.05) is 34.1 Å². The lowest BCUT2D eigenvalue weighted by atomic mass is 10.2. The van der Waals surface area contributed by atoms with Crippen LogP contribution in [-0.4, -0.2) is 13.6 Å². The Morgan fingerprint density at radius 2 is 2.29 bits per heavy atom. The first-order valence-corrected chi connectivity index (χ1v) is 5.29. The van der Waals surface area contributed by atoms with Gasteiger partial charge < -0.3 is 5.32 Å². The van der Waals surface area contributed by atoms with Crippen molar-refractivity contribution < 1.29 is 4.39 Å². The molecule has 0 saturated carbocycles. The first-order chi connectivity index (χ1) is 6.74. The van der Waals surface area contributed by atoms with Crippen molar-refractivity contribution in [3.8, 4) is 0 Å². The van der Waals surface area contributed by atoms with E-state index in [1.54, 1.807) is 6.07 Å². The Morgan fingerprint density at radius 3 is 2.93 bits per heavy atom. The SMILES string of the molecule is CNCCC=Cc1ccc(F)cc1Br. The Bertz CT molecular complexity index is 323. The monoisotopic (exact) mass is 257 g/mol. The van der Waals surface area contributed by atoms with Gasteiger partial charge in [0.1, 0.15) is 5.82 Å². The van der Waals surface area contributed by atoms with Gasteiger partial charge in [-0.05, 0) is 37.7 Å². The zero-order valence-electron chi connectivity index (χ0n) is 8.06. The Labute approximate surface area is 92.1 Å². The summed E-state index contributed by atoms with van der Waals surface area (Å²) in [6.07, 6.45) is 5.02. The molecule has 0 heterocycles. The summed E-state index contributed by atoms with van der Waals surface area (Å²) in [5.74, 6) is -0.218. The Hall–Kier alpha value is -0.670. The minimum Gasteiger partial charge on any atom is -0.319 e. The molecule has 1 nitrogen and oxygen atoms in total. The summed E-state index contributed by atoms with van der Waals surface area (Å²) < 4.78 is 13.5. The van der Waals surface area contributed by atoms with Gasteiger partial charge in [-0.2, -0.15) is 0 Å². The molecule has 0 aromatic heterocycles. The largest absolute Gasteiger partial charge is 0.319 e. The maximum Gasteiger partial charge on any atom is 0.124 e. The van der Waals surface area contributed by atoms with Crippen LogP contribution in [0.25, 0.3) is 6.08 Å². The number of halogens is 2. The minimum absolute atomic E-state index is 0.218. The van der Waals surface area contributed by atoms with Gasteiger partial charge in [0.15, 0.2) is 0 Å². The lowest BCUT2D eigenvalue weighted by molar-refractivity contribution is 0.627. The summed E-state index contributed by atoms with van der Waals surface area (Å²) in [4.78, 5) is 0. The highest BCUT2D eigenvalue weighted by Gasteiger charge is 1.96. The van der Waals surface area contributed by atoms with Crippen LogP contribution in [0.3, 0.4) is 0 Å². The van der Waals surface area contributed by atoms with Gasteiger partial charge in [0.25, 0.3) is 0 Å². The predicted octanol–water partition coefficient (Wildman–Crippen LogP) is 3.21. The molecule has 0 aliphatic carbocycles. The van der Waals surface area contributed by atoms with Crippen LogP contribution in [-0.2, 0) is 0 Å². The molecule has 0 aliphatic heterocycles. The molecule has 1 N–H and O–H groups in total. The molecule has 76 valence electrons. The molecule has 1 aromatic carbocycles. The van der Waals surface area contributed by atoms with E-state index >= 15 is 0 Å². The van der Waals surface area contributed by atoms with Gasteiger partial charge >= 0.3 is 0 Å². The quantitative estimate of drug-likeness (QED) is 0.818. The summed E-state index contributed by atoms with van der Waals surface area (Å²) in [6.45, 7) is 0.954. The van der Waals surface area contributed by atoms with E-state index in [9.17, 15) is 4.39 Å². The van der Waals surface area contributed by atoms with Crippen LogP contribution < -0.4 is 5.32 Å². The van der Waals surface area contributed by atoms with Crippen molar-refractivity contribution in [3.05, 3.63) is 40.1 Å². The molecule has 0 atom stereocenters. The van der Waals surface area contributed by atoms with Crippen LogP contribution in [0.4, 0.5) is 4.39 Å². The smallest absolute Gasteiger partial charge is 0.124 e. The second-order valence-corrected chi connectivity index (χ2v) is 3.81. The third-order valence-corrected chi connectivity index (χ3v) is 2.51. The fourth-order valence-corrected chi connectivity index (χ4v) is 1.56. The third kappa shape index (κ3) is 3.60. The van der Waals surface area contributed by atoms with Crippen molar-refractivity contribution in [2.75, 3.05) is 13.6 Å². The third-order valence-electron chi connectivity index (χ3n) is 1.82. The van der Waals surface area contributed by atoms with E-state index in [0.29, 0.717) is 0 Å². The molecule has 14 heavy (non-hydrogen) atoms. The topological polar surface area (TPSA) is 12.0 Å². The average molecular weight is 258 g/mol. The molecule has 1 aromatic rings. The van der Waals surface area contributed by atoms with E-state index < -0.39 is 0 Å². The van der Waals surface area contributed by atoms with Gasteiger partial charge in [0.2, 0.25) is 0 Å². The van der Waals surface area contributed by atoms with Crippen LogP contribution >= 0.6 is 15.9 Å². The van der Waals surface area contributed by atoms with Crippen molar-refractivity contribution in [1.29, 1.82) is 0 Å². The molecule has 0 aliphatic rings. The molecule has 3 heteroatoms. The van der Waals surface area contributed by atoms with Crippen LogP contribution in [0.15, 0.2) is 28.7 Å². The van der Waals surface area contributed by atoms with E-state index in [2.05, 4.69) is 27.3 Å². The maximum absolute atomic E-state index is 12.7. The molecule has 0 amide bonds. The summed E-state index contributed by atoms with van der Waals surface area (Å²) in [5.41, 5.74) is 1.00. The summed E-state index contributed by atoms with van der Waals surface area (Å²) in [5, 5.41) is 3.05. The highest BCUT2D eigenvalue weighted by atomic mass is 79.9. The van der Waals surface area contributed by atoms with Crippen LogP contribution in [0.2, 0.25) is 0 Å². The van der Waals surface area contributed by atoms with Crippen LogP contribution in [0.1, 0.15) is 12.0 Å². The zero-order chi connectivity index (χ0) is 10.4. The molecule has 0 bridgehead atoms. The molecule has 0 unspecified atom stereocenters. The zero-order valence-corrected chi connectivity index (χ0v) is 9.64. The van der Waals surface area contributed by atoms with Crippen LogP contribution in [0, 0.1) is 5.82 Å². The Kier molecular flexibility index (Phi) is 4.84. The van der Waals surface area contributed by atoms with Crippen LogP contribution in [0.5, 0.6) is 0 Å². The maximum atomic E-state index is 12.7. The summed E-state index contributed by atoms with van der Waals surface area (Å²) in [7, 11) is 1.92. The van der Waals surface area contributed by atoms with Crippen molar-refractivity contribution in [2.45, 2.75) is 6.42 Å². The van der Waals surface area contributed by atoms with Gasteiger partial charge in [-0.3, -0.25) is 0 Å². The number of rotatable bonds is 4. The van der Waals surface area contributed by atoms with Crippen molar-refractivity contribution in [1.82, 2.24) is 5.32 Å². The number of benzene rings is 1. The fourth-order valence-electron chi connectivity index (χ4n) is 1.07. The molecular formula is C11H13BrFN. The van der Waals surface area contributed by atoms with Gasteiger partial charge in [0.05, 0.1) is 0 Å². The first-order valence-electron chi connectivity index (χ1n) is 4.50. The number of hydrogen-bond acceptors (Lipinski definition) is 1. The van der Waals surface area contributed by atoms with Crippen molar-refractivity contribution in [2.24, 2.45) is 0 Å². The highest BCUT2D eigenvalue weighted by Crippen LogP contribution is 2.19. The Balaban J connectivity index is 2.62. The van der Waals surface area contributed by atoms with Crippen molar-refractivity contribution in [3.63, 3.8) is 0 Å². The Morgan fingerprint density at radius 1 is 1.50 bits per heavy atom. The number of nitrogens with one attached hydrogen (secondary N) is 1. The normalized spacial score (nSPS) is 11.1. The van der Waals surface area contributed by atoms with Gasteiger partial charge in [-0.15, -0.1) is 0 Å². The lowest BCUT2D eigenvalue weighted by Gasteiger charge is -1.98. The molecular weight excluding hydrogens is 245 g/mol. The fraction of sp³-hybridized carbons (Fsp3) is 0.273. The number of hydrogen-bond donors (Lipinski definition) is 1. The molecule has 0 radical (unpaired) electrons. The minimum atomic E-state index is -0.218. The molecule has 0 fully saturated rings. The lowest BCUT2D eigenvalue weighted by Crippen LogP contribution is -2.05. The van der Waals surface area contributed by atoms with E-state index in [1.807, 2.05) is 13.1 Å². The first kappa shape index (κ1) is 11.4. The van der Waals surface area contributed by atoms with Gasteiger partial charge in [-0.25, -0.2) is 4.39 Å². The van der Waals surface area contributed by atoms with E-state index in [1.165, 1.54) is 12.1 Å². The molecule has 0 saturated heterocycles.